The number of ketones is 1. The van der Waals surface area contributed by atoms with E-state index in [-0.39, 0.29) is 11.3 Å². The number of Topliss-reactive ketones (excluding diaryl/α,β-unsaturated/α-hetero) is 1. The van der Waals surface area contributed by atoms with Crippen LogP contribution in [0.1, 0.15) is 29.7 Å². The van der Waals surface area contributed by atoms with E-state index in [0.717, 1.165) is 11.1 Å². The number of carbonyl (C=O) groups excluding carboxylic acids is 2. The molecule has 1 atom stereocenters. The Morgan fingerprint density at radius 3 is 2.38 bits per heavy atom. The third-order valence-electron chi connectivity index (χ3n) is 5.78. The van der Waals surface area contributed by atoms with Gasteiger partial charge in [0.2, 0.25) is 0 Å². The molecule has 1 fully saturated rings. The summed E-state index contributed by atoms with van der Waals surface area (Å²) in [4.78, 5) is 28.0. The Kier molecular flexibility index (Phi) is 6.75. The van der Waals surface area contributed by atoms with Crippen molar-refractivity contribution in [3.63, 3.8) is 0 Å². The van der Waals surface area contributed by atoms with Crippen LogP contribution in [0.25, 0.3) is 5.76 Å². The second-order valence-corrected chi connectivity index (χ2v) is 8.66. The topological polar surface area (TPSA) is 76.1 Å². The zero-order valence-corrected chi connectivity index (χ0v) is 20.6. The first kappa shape index (κ1) is 23.6. The van der Waals surface area contributed by atoms with E-state index in [9.17, 15) is 14.7 Å². The normalized spacial score (nSPS) is 17.2. The van der Waals surface area contributed by atoms with Gasteiger partial charge in [-0.25, -0.2) is 0 Å². The summed E-state index contributed by atoms with van der Waals surface area (Å²) in [7, 11) is 1.54. The van der Waals surface area contributed by atoms with E-state index in [1.807, 2.05) is 38.1 Å². The number of aliphatic hydroxyl groups excluding tert-OH is 1. The lowest BCUT2D eigenvalue weighted by Gasteiger charge is -2.26. The highest BCUT2D eigenvalue weighted by Crippen LogP contribution is 2.43. The van der Waals surface area contributed by atoms with Gasteiger partial charge in [0.25, 0.3) is 11.7 Å². The van der Waals surface area contributed by atoms with E-state index in [1.54, 1.807) is 49.6 Å². The van der Waals surface area contributed by atoms with Gasteiger partial charge in [0.15, 0.2) is 0 Å². The van der Waals surface area contributed by atoms with Crippen molar-refractivity contribution in [3.8, 4) is 11.5 Å². The van der Waals surface area contributed by atoms with Crippen molar-refractivity contribution in [3.05, 3.63) is 93.5 Å². The Hall–Kier alpha value is -3.58. The maximum Gasteiger partial charge on any atom is 0.300 e. The average Bonchev–Trinajstić information content (AvgIpc) is 3.10. The number of nitrogens with zero attached hydrogens (tertiary/aromatic N) is 1. The third kappa shape index (κ3) is 4.19. The first-order chi connectivity index (χ1) is 16.4. The minimum atomic E-state index is -0.792. The predicted molar refractivity (Wildman–Crippen MR) is 134 cm³/mol. The lowest BCUT2D eigenvalue weighted by molar-refractivity contribution is -0.132. The Morgan fingerprint density at radius 1 is 1.06 bits per heavy atom. The van der Waals surface area contributed by atoms with E-state index in [4.69, 9.17) is 9.47 Å². The van der Waals surface area contributed by atoms with Crippen LogP contribution >= 0.6 is 15.9 Å². The molecule has 6 nitrogen and oxygen atoms in total. The van der Waals surface area contributed by atoms with Crippen LogP contribution in [0.5, 0.6) is 11.5 Å². The molecule has 3 aromatic rings. The summed E-state index contributed by atoms with van der Waals surface area (Å²) in [6, 6.07) is 18.7. The van der Waals surface area contributed by atoms with Gasteiger partial charge in [-0.3, -0.25) is 14.5 Å². The molecule has 0 bridgehead atoms. The maximum absolute atomic E-state index is 13.3. The number of anilines is 1. The number of ether oxygens (including phenoxy) is 2. The molecule has 1 amide bonds. The number of rotatable bonds is 6. The van der Waals surface area contributed by atoms with E-state index in [0.29, 0.717) is 33.8 Å². The summed E-state index contributed by atoms with van der Waals surface area (Å²) < 4.78 is 11.4. The largest absolute Gasteiger partial charge is 0.507 e. The lowest BCUT2D eigenvalue weighted by Crippen LogP contribution is -2.29. The molecule has 0 radical (unpaired) electrons. The van der Waals surface area contributed by atoms with Gasteiger partial charge in [-0.1, -0.05) is 24.3 Å². The highest BCUT2D eigenvalue weighted by atomic mass is 79.9. The van der Waals surface area contributed by atoms with Crippen molar-refractivity contribution in [1.82, 2.24) is 0 Å². The SMILES string of the molecule is CCOc1ccc(N2C(=O)C(=O)/C(=C(/O)c3ccc(OC)c(Br)c3)C2c2ccccc2C)cc1. The standard InChI is InChI=1S/C27H24BrNO5/c1-4-34-19-12-10-18(11-13-19)29-24(20-8-6-5-7-16(20)2)23(26(31)27(29)32)25(30)17-9-14-22(33-3)21(28)15-17/h5-15,24,30H,4H2,1-3H3/b25-23+. The smallest absolute Gasteiger partial charge is 0.300 e. The first-order valence-electron chi connectivity index (χ1n) is 10.8. The molecule has 4 rings (SSSR count). The molecule has 7 heteroatoms. The van der Waals surface area contributed by atoms with Crippen molar-refractivity contribution in [2.45, 2.75) is 19.9 Å². The van der Waals surface area contributed by atoms with Crippen LogP contribution < -0.4 is 14.4 Å². The molecule has 1 heterocycles. The van der Waals surface area contributed by atoms with Gasteiger partial charge in [-0.2, -0.15) is 0 Å². The van der Waals surface area contributed by atoms with Crippen LogP contribution in [0.4, 0.5) is 5.69 Å². The summed E-state index contributed by atoms with van der Waals surface area (Å²) >= 11 is 3.42. The van der Waals surface area contributed by atoms with Crippen LogP contribution in [0.3, 0.4) is 0 Å². The Labute approximate surface area is 206 Å². The molecule has 3 aromatic carbocycles. The number of halogens is 1. The number of benzene rings is 3. The number of aryl methyl sites for hydroxylation is 1. The molecule has 1 aliphatic heterocycles. The summed E-state index contributed by atoms with van der Waals surface area (Å²) in [5.74, 6) is -0.443. The maximum atomic E-state index is 13.3. The summed E-state index contributed by atoms with van der Waals surface area (Å²) in [6.07, 6.45) is 0. The number of hydrogen-bond donors (Lipinski definition) is 1. The third-order valence-corrected chi connectivity index (χ3v) is 6.40. The summed E-state index contributed by atoms with van der Waals surface area (Å²) in [5.41, 5.74) is 2.62. The van der Waals surface area contributed by atoms with Crippen molar-refractivity contribution >= 4 is 39.1 Å². The highest BCUT2D eigenvalue weighted by Gasteiger charge is 2.47. The van der Waals surface area contributed by atoms with Gasteiger partial charge in [-0.15, -0.1) is 0 Å². The first-order valence-corrected chi connectivity index (χ1v) is 11.6. The highest BCUT2D eigenvalue weighted by molar-refractivity contribution is 9.10. The van der Waals surface area contributed by atoms with Crippen molar-refractivity contribution in [2.75, 3.05) is 18.6 Å². The van der Waals surface area contributed by atoms with Gasteiger partial charge in [0, 0.05) is 11.3 Å². The van der Waals surface area contributed by atoms with E-state index < -0.39 is 17.7 Å². The molecular weight excluding hydrogens is 498 g/mol. The fourth-order valence-electron chi connectivity index (χ4n) is 4.13. The van der Waals surface area contributed by atoms with E-state index in [2.05, 4.69) is 15.9 Å². The summed E-state index contributed by atoms with van der Waals surface area (Å²) in [6.45, 7) is 4.32. The van der Waals surface area contributed by atoms with Crippen LogP contribution in [-0.2, 0) is 9.59 Å². The zero-order chi connectivity index (χ0) is 24.4. The van der Waals surface area contributed by atoms with E-state index >= 15 is 0 Å². The van der Waals surface area contributed by atoms with Crippen LogP contribution in [0, 0.1) is 6.92 Å². The van der Waals surface area contributed by atoms with E-state index in [1.165, 1.54) is 4.90 Å². The molecule has 0 aliphatic carbocycles. The predicted octanol–water partition coefficient (Wildman–Crippen LogP) is 5.79. The van der Waals surface area contributed by atoms with Gasteiger partial charge < -0.3 is 14.6 Å². The number of hydrogen-bond acceptors (Lipinski definition) is 5. The molecule has 1 N–H and O–H groups in total. The zero-order valence-electron chi connectivity index (χ0n) is 19.0. The summed E-state index contributed by atoms with van der Waals surface area (Å²) in [5, 5.41) is 11.3. The number of methoxy groups -OCH3 is 1. The van der Waals surface area contributed by atoms with Crippen molar-refractivity contribution in [1.29, 1.82) is 0 Å². The Balaban J connectivity index is 1.91. The fraction of sp³-hybridized carbons (Fsp3) is 0.185. The van der Waals surface area contributed by atoms with Crippen LogP contribution in [0.15, 0.2) is 76.8 Å². The minimum absolute atomic E-state index is 0.0326. The molecule has 1 saturated heterocycles. The van der Waals surface area contributed by atoms with Crippen LogP contribution in [0.2, 0.25) is 0 Å². The fourth-order valence-corrected chi connectivity index (χ4v) is 4.67. The molecule has 1 unspecified atom stereocenters. The molecule has 0 saturated carbocycles. The Bertz CT molecular complexity index is 1280. The molecule has 174 valence electrons. The van der Waals surface area contributed by atoms with Gasteiger partial charge in [0.05, 0.1) is 29.8 Å². The monoisotopic (exact) mass is 521 g/mol. The van der Waals surface area contributed by atoms with Crippen LogP contribution in [-0.4, -0.2) is 30.5 Å². The Morgan fingerprint density at radius 2 is 1.76 bits per heavy atom. The molecule has 0 aromatic heterocycles. The lowest BCUT2D eigenvalue weighted by atomic mass is 9.92. The number of carbonyl (C=O) groups is 2. The quantitative estimate of drug-likeness (QED) is 0.252. The van der Waals surface area contributed by atoms with Gasteiger partial charge in [0.1, 0.15) is 17.3 Å². The second kappa shape index (κ2) is 9.73. The van der Waals surface area contributed by atoms with Crippen molar-refractivity contribution < 1.29 is 24.2 Å². The van der Waals surface area contributed by atoms with Crippen molar-refractivity contribution in [2.24, 2.45) is 0 Å². The molecule has 0 spiro atoms. The number of aliphatic hydroxyl groups is 1. The average molecular weight is 522 g/mol. The number of amides is 1. The second-order valence-electron chi connectivity index (χ2n) is 7.80. The molecular formula is C27H24BrNO5. The molecule has 1 aliphatic rings. The molecule has 34 heavy (non-hydrogen) atoms. The van der Waals surface area contributed by atoms with Gasteiger partial charge >= 0.3 is 0 Å². The minimum Gasteiger partial charge on any atom is -0.507 e. The van der Waals surface area contributed by atoms with Gasteiger partial charge in [-0.05, 0) is 83.4 Å².